The van der Waals surface area contributed by atoms with E-state index < -0.39 is 0 Å². The van der Waals surface area contributed by atoms with E-state index in [0.717, 1.165) is 19.6 Å². The third kappa shape index (κ3) is 2.07. The molecule has 82 valence electrons. The minimum Gasteiger partial charge on any atom is -0.343 e. The van der Waals surface area contributed by atoms with Crippen molar-refractivity contribution in [2.45, 2.75) is 25.9 Å². The van der Waals surface area contributed by atoms with Crippen LogP contribution in [0.3, 0.4) is 0 Å². The van der Waals surface area contributed by atoms with Gasteiger partial charge in [0.1, 0.15) is 6.04 Å². The first-order chi connectivity index (χ1) is 6.61. The summed E-state index contributed by atoms with van der Waals surface area (Å²) in [6.45, 7) is 6.80. The van der Waals surface area contributed by atoms with E-state index in [1.54, 1.807) is 0 Å². The zero-order chi connectivity index (χ0) is 10.7. The standard InChI is InChI=1S/C10H21N3O/c1-5-13-8(2)7-12(4)10(14)9(13)6-11-3/h8-9,11H,5-7H2,1-4H3. The van der Waals surface area contributed by atoms with Crippen LogP contribution in [0.1, 0.15) is 13.8 Å². The molecule has 0 aliphatic carbocycles. The molecule has 1 N–H and O–H groups in total. The largest absolute Gasteiger partial charge is 0.343 e. The zero-order valence-electron chi connectivity index (χ0n) is 9.58. The number of piperazine rings is 1. The first kappa shape index (κ1) is 11.5. The number of carbonyl (C=O) groups excluding carboxylic acids is 1. The average molecular weight is 199 g/mol. The second-order valence-electron chi connectivity index (χ2n) is 3.97. The van der Waals surface area contributed by atoms with Crippen molar-refractivity contribution in [1.29, 1.82) is 0 Å². The van der Waals surface area contributed by atoms with Gasteiger partial charge in [-0.2, -0.15) is 0 Å². The van der Waals surface area contributed by atoms with Gasteiger partial charge in [-0.25, -0.2) is 0 Å². The van der Waals surface area contributed by atoms with Crippen LogP contribution in [0.15, 0.2) is 0 Å². The maximum Gasteiger partial charge on any atom is 0.241 e. The van der Waals surface area contributed by atoms with Crippen LogP contribution in [-0.2, 0) is 4.79 Å². The maximum absolute atomic E-state index is 11.9. The van der Waals surface area contributed by atoms with Crippen molar-refractivity contribution in [3.8, 4) is 0 Å². The Labute approximate surface area is 86.2 Å². The highest BCUT2D eigenvalue weighted by Gasteiger charge is 2.35. The number of nitrogens with zero attached hydrogens (tertiary/aromatic N) is 2. The Hall–Kier alpha value is -0.610. The fourth-order valence-electron chi connectivity index (χ4n) is 2.22. The number of hydrogen-bond donors (Lipinski definition) is 1. The Morgan fingerprint density at radius 2 is 2.21 bits per heavy atom. The van der Waals surface area contributed by atoms with Crippen LogP contribution in [0.2, 0.25) is 0 Å². The van der Waals surface area contributed by atoms with Gasteiger partial charge in [-0.3, -0.25) is 9.69 Å². The molecule has 0 spiro atoms. The van der Waals surface area contributed by atoms with E-state index in [-0.39, 0.29) is 11.9 Å². The van der Waals surface area contributed by atoms with E-state index in [1.807, 2.05) is 19.0 Å². The summed E-state index contributed by atoms with van der Waals surface area (Å²) < 4.78 is 0. The Kier molecular flexibility index (Phi) is 3.89. The molecule has 0 saturated carbocycles. The lowest BCUT2D eigenvalue weighted by Crippen LogP contribution is -2.62. The normalized spacial score (nSPS) is 29.7. The number of nitrogens with one attached hydrogen (secondary N) is 1. The summed E-state index contributed by atoms with van der Waals surface area (Å²) in [6.07, 6.45) is 0. The summed E-state index contributed by atoms with van der Waals surface area (Å²) in [7, 11) is 3.77. The van der Waals surface area contributed by atoms with Crippen molar-refractivity contribution in [2.75, 3.05) is 33.7 Å². The summed E-state index contributed by atoms with van der Waals surface area (Å²) >= 11 is 0. The van der Waals surface area contributed by atoms with Crippen molar-refractivity contribution >= 4 is 5.91 Å². The second-order valence-corrected chi connectivity index (χ2v) is 3.97. The Morgan fingerprint density at radius 1 is 1.57 bits per heavy atom. The van der Waals surface area contributed by atoms with E-state index in [2.05, 4.69) is 24.1 Å². The molecule has 1 aliphatic rings. The van der Waals surface area contributed by atoms with Gasteiger partial charge in [-0.15, -0.1) is 0 Å². The van der Waals surface area contributed by atoms with Gasteiger partial charge in [-0.05, 0) is 20.5 Å². The molecule has 1 saturated heterocycles. The van der Waals surface area contributed by atoms with Crippen LogP contribution >= 0.6 is 0 Å². The molecule has 1 fully saturated rings. The van der Waals surface area contributed by atoms with E-state index in [4.69, 9.17) is 0 Å². The predicted octanol–water partition coefficient (Wildman–Crippen LogP) is -0.243. The molecule has 1 amide bonds. The van der Waals surface area contributed by atoms with Gasteiger partial charge in [0.05, 0.1) is 0 Å². The first-order valence-corrected chi connectivity index (χ1v) is 5.27. The van der Waals surface area contributed by atoms with Gasteiger partial charge in [0.25, 0.3) is 0 Å². The minimum absolute atomic E-state index is 0.0127. The summed E-state index contributed by atoms with van der Waals surface area (Å²) in [5.74, 6) is 0.235. The Balaban J connectivity index is 2.75. The minimum atomic E-state index is 0.0127. The Morgan fingerprint density at radius 3 is 2.71 bits per heavy atom. The van der Waals surface area contributed by atoms with Crippen molar-refractivity contribution in [3.05, 3.63) is 0 Å². The van der Waals surface area contributed by atoms with Gasteiger partial charge < -0.3 is 10.2 Å². The van der Waals surface area contributed by atoms with E-state index in [0.29, 0.717) is 6.04 Å². The van der Waals surface area contributed by atoms with Crippen molar-refractivity contribution in [1.82, 2.24) is 15.1 Å². The van der Waals surface area contributed by atoms with Gasteiger partial charge in [-0.1, -0.05) is 6.92 Å². The van der Waals surface area contributed by atoms with Crippen LogP contribution in [0, 0.1) is 0 Å². The molecule has 0 aromatic carbocycles. The van der Waals surface area contributed by atoms with Crippen molar-refractivity contribution in [3.63, 3.8) is 0 Å². The smallest absolute Gasteiger partial charge is 0.241 e. The number of likely N-dealkylation sites (N-methyl/N-ethyl adjacent to an activating group) is 3. The average Bonchev–Trinajstić information content (AvgIpc) is 2.14. The molecule has 2 atom stereocenters. The molecule has 0 aromatic rings. The third-order valence-corrected chi connectivity index (χ3v) is 2.93. The molecular weight excluding hydrogens is 178 g/mol. The third-order valence-electron chi connectivity index (χ3n) is 2.93. The predicted molar refractivity (Wildman–Crippen MR) is 57.2 cm³/mol. The first-order valence-electron chi connectivity index (χ1n) is 5.27. The highest BCUT2D eigenvalue weighted by Crippen LogP contribution is 2.14. The van der Waals surface area contributed by atoms with E-state index in [9.17, 15) is 4.79 Å². The molecule has 1 heterocycles. The molecule has 2 unspecified atom stereocenters. The van der Waals surface area contributed by atoms with Gasteiger partial charge in [0.15, 0.2) is 0 Å². The van der Waals surface area contributed by atoms with Crippen LogP contribution in [0.4, 0.5) is 0 Å². The van der Waals surface area contributed by atoms with Crippen molar-refractivity contribution in [2.24, 2.45) is 0 Å². The highest BCUT2D eigenvalue weighted by atomic mass is 16.2. The summed E-state index contributed by atoms with van der Waals surface area (Å²) in [4.78, 5) is 16.0. The molecule has 1 aliphatic heterocycles. The lowest BCUT2D eigenvalue weighted by atomic mass is 10.1. The number of rotatable bonds is 3. The van der Waals surface area contributed by atoms with Crippen LogP contribution in [-0.4, -0.2) is 61.5 Å². The SMILES string of the molecule is CCN1C(C)CN(C)C(=O)C1CNC. The number of hydrogen-bond acceptors (Lipinski definition) is 3. The summed E-state index contributed by atoms with van der Waals surface area (Å²) in [5.41, 5.74) is 0. The van der Waals surface area contributed by atoms with Crippen molar-refractivity contribution < 1.29 is 4.79 Å². The maximum atomic E-state index is 11.9. The van der Waals surface area contributed by atoms with Gasteiger partial charge in [0, 0.05) is 26.2 Å². The molecule has 1 rings (SSSR count). The molecule has 0 radical (unpaired) electrons. The van der Waals surface area contributed by atoms with Gasteiger partial charge in [0.2, 0.25) is 5.91 Å². The Bertz CT molecular complexity index is 208. The lowest BCUT2D eigenvalue weighted by molar-refractivity contribution is -0.142. The summed E-state index contributed by atoms with van der Waals surface area (Å²) in [5, 5.41) is 3.08. The van der Waals surface area contributed by atoms with Crippen LogP contribution in [0.25, 0.3) is 0 Å². The molecule has 4 nitrogen and oxygen atoms in total. The molecule has 0 aromatic heterocycles. The molecule has 14 heavy (non-hydrogen) atoms. The fraction of sp³-hybridized carbons (Fsp3) is 0.900. The molecule has 4 heteroatoms. The van der Waals surface area contributed by atoms with Gasteiger partial charge >= 0.3 is 0 Å². The number of amides is 1. The lowest BCUT2D eigenvalue weighted by Gasteiger charge is -2.43. The quantitative estimate of drug-likeness (QED) is 0.681. The topological polar surface area (TPSA) is 35.6 Å². The summed E-state index contributed by atoms with van der Waals surface area (Å²) in [6, 6.07) is 0.472. The van der Waals surface area contributed by atoms with E-state index >= 15 is 0 Å². The monoisotopic (exact) mass is 199 g/mol. The molecule has 0 bridgehead atoms. The van der Waals surface area contributed by atoms with Crippen LogP contribution < -0.4 is 5.32 Å². The molecular formula is C10H21N3O. The number of carbonyl (C=O) groups is 1. The highest BCUT2D eigenvalue weighted by molar-refractivity contribution is 5.82. The van der Waals surface area contributed by atoms with Crippen LogP contribution in [0.5, 0.6) is 0 Å². The second kappa shape index (κ2) is 4.75. The zero-order valence-corrected chi connectivity index (χ0v) is 9.58. The fourth-order valence-corrected chi connectivity index (χ4v) is 2.22. The van der Waals surface area contributed by atoms with E-state index in [1.165, 1.54) is 0 Å².